The number of aromatic nitrogens is 2. The zero-order valence-electron chi connectivity index (χ0n) is 14.0. The second-order valence-corrected chi connectivity index (χ2v) is 5.51. The van der Waals surface area contributed by atoms with Gasteiger partial charge in [0.2, 0.25) is 0 Å². The van der Waals surface area contributed by atoms with Crippen LogP contribution in [0.25, 0.3) is 0 Å². The van der Waals surface area contributed by atoms with Crippen LogP contribution in [-0.2, 0) is 0 Å². The summed E-state index contributed by atoms with van der Waals surface area (Å²) in [5, 5.41) is 3.41. The van der Waals surface area contributed by atoms with Crippen LogP contribution in [0.15, 0.2) is 0 Å². The maximum absolute atomic E-state index is 5.54. The Morgan fingerprint density at radius 2 is 1.76 bits per heavy atom. The van der Waals surface area contributed by atoms with E-state index in [0.29, 0.717) is 5.82 Å². The zero-order valence-corrected chi connectivity index (χ0v) is 14.0. The highest BCUT2D eigenvalue weighted by atomic mass is 15.3. The Morgan fingerprint density at radius 1 is 1.14 bits per heavy atom. The van der Waals surface area contributed by atoms with Crippen LogP contribution in [-0.4, -0.2) is 41.0 Å². The molecular formula is C15H30N6. The van der Waals surface area contributed by atoms with Crippen molar-refractivity contribution in [1.82, 2.24) is 14.9 Å². The number of nitrogens with zero attached hydrogens (tertiary/aromatic N) is 3. The quantitative estimate of drug-likeness (QED) is 0.368. The van der Waals surface area contributed by atoms with Gasteiger partial charge in [-0.25, -0.2) is 15.8 Å². The highest BCUT2D eigenvalue weighted by Gasteiger charge is 2.12. The number of hydrazine groups is 1. The zero-order chi connectivity index (χ0) is 15.8. The monoisotopic (exact) mass is 294 g/mol. The highest BCUT2D eigenvalue weighted by molar-refractivity contribution is 5.56. The summed E-state index contributed by atoms with van der Waals surface area (Å²) in [7, 11) is 0. The summed E-state index contributed by atoms with van der Waals surface area (Å²) in [4.78, 5) is 11.5. The molecule has 0 saturated carbocycles. The molecule has 6 nitrogen and oxygen atoms in total. The molecule has 1 heterocycles. The number of nitrogens with one attached hydrogen (secondary N) is 2. The van der Waals surface area contributed by atoms with E-state index in [1.807, 2.05) is 6.92 Å². The average Bonchev–Trinajstić information content (AvgIpc) is 2.48. The van der Waals surface area contributed by atoms with E-state index >= 15 is 0 Å². The summed E-state index contributed by atoms with van der Waals surface area (Å²) in [6, 6.07) is 0. The molecule has 0 fully saturated rings. The molecule has 0 aliphatic heterocycles. The number of hydrogen-bond acceptors (Lipinski definition) is 6. The Balaban J connectivity index is 2.67. The molecule has 120 valence electrons. The minimum absolute atomic E-state index is 0.272. The fraction of sp³-hybridized carbons (Fsp3) is 0.733. The Morgan fingerprint density at radius 3 is 2.29 bits per heavy atom. The van der Waals surface area contributed by atoms with Crippen molar-refractivity contribution in [2.24, 2.45) is 5.84 Å². The first kappa shape index (κ1) is 17.7. The van der Waals surface area contributed by atoms with E-state index < -0.39 is 0 Å². The van der Waals surface area contributed by atoms with Gasteiger partial charge in [0, 0.05) is 18.0 Å². The van der Waals surface area contributed by atoms with E-state index in [4.69, 9.17) is 5.84 Å². The molecule has 0 amide bonds. The standard InChI is InChI=1S/C15H30N6/c1-6-21(7-2)10-8-9-17-14-12(5)15(20-16)19-13(18-14)11(3)4/h11H,6-10,16H2,1-5H3,(H2,17,18,19,20). The van der Waals surface area contributed by atoms with Gasteiger partial charge in [0.1, 0.15) is 17.5 Å². The second-order valence-electron chi connectivity index (χ2n) is 5.51. The predicted molar refractivity (Wildman–Crippen MR) is 89.6 cm³/mol. The fourth-order valence-corrected chi connectivity index (χ4v) is 2.15. The molecule has 0 spiro atoms. The van der Waals surface area contributed by atoms with Gasteiger partial charge < -0.3 is 15.6 Å². The van der Waals surface area contributed by atoms with Crippen LogP contribution in [0, 0.1) is 6.92 Å². The number of rotatable bonds is 9. The summed E-state index contributed by atoms with van der Waals surface area (Å²) in [5.41, 5.74) is 3.62. The van der Waals surface area contributed by atoms with E-state index in [2.05, 4.69) is 53.3 Å². The second kappa shape index (κ2) is 8.79. The van der Waals surface area contributed by atoms with Crippen LogP contribution in [0.3, 0.4) is 0 Å². The summed E-state index contributed by atoms with van der Waals surface area (Å²) in [6.07, 6.45) is 1.09. The lowest BCUT2D eigenvalue weighted by Gasteiger charge is -2.19. The third-order valence-electron chi connectivity index (χ3n) is 3.65. The van der Waals surface area contributed by atoms with E-state index in [1.165, 1.54) is 0 Å². The van der Waals surface area contributed by atoms with Crippen molar-refractivity contribution in [1.29, 1.82) is 0 Å². The van der Waals surface area contributed by atoms with Crippen LogP contribution < -0.4 is 16.6 Å². The maximum atomic E-state index is 5.54. The SMILES string of the molecule is CCN(CC)CCCNc1nc(C(C)C)nc(NN)c1C. The van der Waals surface area contributed by atoms with Gasteiger partial charge in [-0.1, -0.05) is 27.7 Å². The summed E-state index contributed by atoms with van der Waals surface area (Å²) in [6.45, 7) is 14.7. The minimum atomic E-state index is 0.272. The Labute approximate surface area is 128 Å². The lowest BCUT2D eigenvalue weighted by Crippen LogP contribution is -2.25. The van der Waals surface area contributed by atoms with Crippen LogP contribution in [0.4, 0.5) is 11.6 Å². The number of nitrogens with two attached hydrogens (primary N) is 1. The molecule has 1 aromatic rings. The van der Waals surface area contributed by atoms with Crippen molar-refractivity contribution in [3.8, 4) is 0 Å². The topological polar surface area (TPSA) is 79.1 Å². The summed E-state index contributed by atoms with van der Waals surface area (Å²) < 4.78 is 0. The molecule has 1 rings (SSSR count). The van der Waals surface area contributed by atoms with Gasteiger partial charge in [-0.2, -0.15) is 0 Å². The van der Waals surface area contributed by atoms with Crippen molar-refractivity contribution in [3.63, 3.8) is 0 Å². The lowest BCUT2D eigenvalue weighted by atomic mass is 10.2. The molecule has 0 aliphatic rings. The third kappa shape index (κ3) is 5.13. The van der Waals surface area contributed by atoms with Crippen LogP contribution in [0.5, 0.6) is 0 Å². The normalized spacial score (nSPS) is 11.2. The van der Waals surface area contributed by atoms with Crippen molar-refractivity contribution in [3.05, 3.63) is 11.4 Å². The summed E-state index contributed by atoms with van der Waals surface area (Å²) >= 11 is 0. The largest absolute Gasteiger partial charge is 0.370 e. The molecule has 0 bridgehead atoms. The van der Waals surface area contributed by atoms with E-state index in [-0.39, 0.29) is 5.92 Å². The van der Waals surface area contributed by atoms with Crippen LogP contribution in [0.2, 0.25) is 0 Å². The molecule has 0 aromatic carbocycles. The van der Waals surface area contributed by atoms with E-state index in [9.17, 15) is 0 Å². The fourth-order valence-electron chi connectivity index (χ4n) is 2.15. The molecule has 4 N–H and O–H groups in total. The number of nitrogen functional groups attached to an aromatic ring is 1. The van der Waals surface area contributed by atoms with Crippen molar-refractivity contribution in [2.45, 2.75) is 47.0 Å². The number of hydrogen-bond donors (Lipinski definition) is 3. The van der Waals surface area contributed by atoms with Gasteiger partial charge >= 0.3 is 0 Å². The predicted octanol–water partition coefficient (Wildman–Crippen LogP) is 2.34. The maximum Gasteiger partial charge on any atom is 0.148 e. The van der Waals surface area contributed by atoms with E-state index in [1.54, 1.807) is 0 Å². The Kier molecular flexibility index (Phi) is 7.39. The highest BCUT2D eigenvalue weighted by Crippen LogP contribution is 2.22. The van der Waals surface area contributed by atoms with Crippen LogP contribution in [0.1, 0.15) is 51.4 Å². The van der Waals surface area contributed by atoms with Gasteiger partial charge in [-0.3, -0.25) is 0 Å². The van der Waals surface area contributed by atoms with Gasteiger partial charge in [-0.15, -0.1) is 0 Å². The lowest BCUT2D eigenvalue weighted by molar-refractivity contribution is 0.303. The molecule has 0 saturated heterocycles. The molecule has 21 heavy (non-hydrogen) atoms. The first-order chi connectivity index (χ1) is 10.0. The molecule has 0 radical (unpaired) electrons. The van der Waals surface area contributed by atoms with E-state index in [0.717, 1.165) is 49.8 Å². The average molecular weight is 294 g/mol. The first-order valence-corrected chi connectivity index (χ1v) is 7.84. The van der Waals surface area contributed by atoms with Crippen LogP contribution >= 0.6 is 0 Å². The first-order valence-electron chi connectivity index (χ1n) is 7.84. The van der Waals surface area contributed by atoms with Gasteiger partial charge in [0.15, 0.2) is 0 Å². The van der Waals surface area contributed by atoms with Gasteiger partial charge in [-0.05, 0) is 33.0 Å². The molecule has 6 heteroatoms. The summed E-state index contributed by atoms with van der Waals surface area (Å²) in [5.74, 6) is 8.19. The Hall–Kier alpha value is -1.40. The molecular weight excluding hydrogens is 264 g/mol. The number of anilines is 2. The molecule has 0 unspecified atom stereocenters. The molecule has 1 aromatic heterocycles. The van der Waals surface area contributed by atoms with Crippen molar-refractivity contribution < 1.29 is 0 Å². The molecule has 0 aliphatic carbocycles. The third-order valence-corrected chi connectivity index (χ3v) is 3.65. The molecule has 0 atom stereocenters. The van der Waals surface area contributed by atoms with Gasteiger partial charge in [0.05, 0.1) is 0 Å². The smallest absolute Gasteiger partial charge is 0.148 e. The Bertz CT molecular complexity index is 428. The van der Waals surface area contributed by atoms with Crippen molar-refractivity contribution in [2.75, 3.05) is 36.9 Å². The van der Waals surface area contributed by atoms with Crippen molar-refractivity contribution >= 4 is 11.6 Å². The minimum Gasteiger partial charge on any atom is -0.370 e. The van der Waals surface area contributed by atoms with Gasteiger partial charge in [0.25, 0.3) is 0 Å².